The van der Waals surface area contributed by atoms with Gasteiger partial charge in [-0.2, -0.15) is 0 Å². The van der Waals surface area contributed by atoms with Crippen LogP contribution in [0.4, 0.5) is 0 Å². The van der Waals surface area contributed by atoms with Gasteiger partial charge in [-0.15, -0.1) is 0 Å². The van der Waals surface area contributed by atoms with Crippen LogP contribution in [0.2, 0.25) is 0 Å². The van der Waals surface area contributed by atoms with Gasteiger partial charge in [-0.1, -0.05) is 19.4 Å². The lowest BCUT2D eigenvalue weighted by Crippen LogP contribution is -2.39. The Balaban J connectivity index is 2.15. The van der Waals surface area contributed by atoms with E-state index in [0.717, 1.165) is 18.4 Å². The molecule has 0 aliphatic heterocycles. The van der Waals surface area contributed by atoms with E-state index in [1.807, 2.05) is 0 Å². The van der Waals surface area contributed by atoms with Crippen molar-refractivity contribution in [2.75, 3.05) is 6.54 Å². The van der Waals surface area contributed by atoms with Gasteiger partial charge < -0.3 is 5.73 Å². The molecular formula is C13H19BrN2O2S. The second-order valence-corrected chi connectivity index (χ2v) is 8.05. The average Bonchev–Trinajstić information content (AvgIpc) is 2.33. The second kappa shape index (κ2) is 5.52. The van der Waals surface area contributed by atoms with Gasteiger partial charge in [-0.25, -0.2) is 13.1 Å². The first-order valence-corrected chi connectivity index (χ1v) is 8.62. The highest BCUT2D eigenvalue weighted by Gasteiger charge is 2.33. The van der Waals surface area contributed by atoms with Gasteiger partial charge in [0.1, 0.15) is 0 Å². The van der Waals surface area contributed by atoms with Gasteiger partial charge in [0.15, 0.2) is 0 Å². The number of nitrogens with one attached hydrogen (secondary N) is 1. The zero-order valence-electron chi connectivity index (χ0n) is 10.9. The zero-order chi connectivity index (χ0) is 14.1. The summed E-state index contributed by atoms with van der Waals surface area (Å²) in [5.41, 5.74) is 6.55. The van der Waals surface area contributed by atoms with Crippen molar-refractivity contribution in [2.45, 2.75) is 37.6 Å². The Hall–Kier alpha value is -0.430. The third kappa shape index (κ3) is 3.37. The summed E-state index contributed by atoms with van der Waals surface area (Å²) in [5.74, 6) is 0. The van der Waals surface area contributed by atoms with Gasteiger partial charge >= 0.3 is 0 Å². The predicted octanol–water partition coefficient (Wildman–Crippen LogP) is 2.38. The lowest BCUT2D eigenvalue weighted by Gasteiger charge is -2.38. The van der Waals surface area contributed by atoms with Crippen LogP contribution in [0.1, 0.15) is 31.7 Å². The largest absolute Gasteiger partial charge is 0.326 e. The van der Waals surface area contributed by atoms with E-state index in [4.69, 9.17) is 5.73 Å². The van der Waals surface area contributed by atoms with Crippen LogP contribution in [-0.4, -0.2) is 15.0 Å². The first-order valence-electron chi connectivity index (χ1n) is 6.34. The number of hydrogen-bond donors (Lipinski definition) is 2. The molecule has 0 heterocycles. The summed E-state index contributed by atoms with van der Waals surface area (Å²) in [4.78, 5) is 0.271. The molecule has 0 amide bonds. The fourth-order valence-electron chi connectivity index (χ4n) is 2.19. The maximum Gasteiger partial charge on any atom is 0.241 e. The summed E-state index contributed by atoms with van der Waals surface area (Å²) in [6.07, 6.45) is 3.36. The van der Waals surface area contributed by atoms with Crippen LogP contribution in [0.25, 0.3) is 0 Å². The maximum atomic E-state index is 12.3. The van der Waals surface area contributed by atoms with E-state index in [-0.39, 0.29) is 10.3 Å². The number of nitrogens with two attached hydrogens (primary N) is 1. The SMILES string of the molecule is CC1(CNS(=O)(=O)c2ccc(CN)cc2Br)CCC1. The number of rotatable bonds is 5. The Kier molecular flexibility index (Phi) is 4.35. The van der Waals surface area contributed by atoms with Gasteiger partial charge in [0.05, 0.1) is 4.90 Å². The molecule has 3 N–H and O–H groups in total. The van der Waals surface area contributed by atoms with E-state index in [0.29, 0.717) is 17.6 Å². The van der Waals surface area contributed by atoms with Crippen LogP contribution in [0, 0.1) is 5.41 Å². The number of halogens is 1. The molecule has 19 heavy (non-hydrogen) atoms. The van der Waals surface area contributed by atoms with E-state index >= 15 is 0 Å². The minimum atomic E-state index is -3.46. The molecule has 1 fully saturated rings. The van der Waals surface area contributed by atoms with Crippen molar-refractivity contribution in [3.05, 3.63) is 28.2 Å². The van der Waals surface area contributed by atoms with Crippen LogP contribution in [0.5, 0.6) is 0 Å². The first kappa shape index (κ1) is 15.0. The van der Waals surface area contributed by atoms with Gasteiger partial charge in [-0.3, -0.25) is 0 Å². The van der Waals surface area contributed by atoms with Crippen molar-refractivity contribution in [1.82, 2.24) is 4.72 Å². The van der Waals surface area contributed by atoms with Gasteiger partial charge in [0.2, 0.25) is 10.0 Å². The van der Waals surface area contributed by atoms with Crippen molar-refractivity contribution in [2.24, 2.45) is 11.1 Å². The molecule has 1 saturated carbocycles. The number of benzene rings is 1. The van der Waals surface area contributed by atoms with Gasteiger partial charge in [-0.05, 0) is 51.9 Å². The summed E-state index contributed by atoms with van der Waals surface area (Å²) in [6, 6.07) is 5.09. The standard InChI is InChI=1S/C13H19BrN2O2S/c1-13(5-2-6-13)9-16-19(17,18)12-4-3-10(8-15)7-11(12)14/h3-4,7,16H,2,5-6,8-9,15H2,1H3. The minimum absolute atomic E-state index is 0.122. The average molecular weight is 347 g/mol. The van der Waals surface area contributed by atoms with E-state index < -0.39 is 10.0 Å². The fourth-order valence-corrected chi connectivity index (χ4v) is 4.52. The van der Waals surface area contributed by atoms with Gasteiger partial charge in [0, 0.05) is 17.6 Å². The molecule has 2 rings (SSSR count). The molecule has 0 radical (unpaired) electrons. The van der Waals surface area contributed by atoms with Crippen LogP contribution in [0.3, 0.4) is 0 Å². The van der Waals surface area contributed by atoms with Crippen molar-refractivity contribution < 1.29 is 8.42 Å². The van der Waals surface area contributed by atoms with E-state index in [1.165, 1.54) is 6.42 Å². The van der Waals surface area contributed by atoms with E-state index in [9.17, 15) is 8.42 Å². The molecule has 0 aromatic heterocycles. The molecule has 6 heteroatoms. The highest BCUT2D eigenvalue weighted by Crippen LogP contribution is 2.39. The second-order valence-electron chi connectivity index (χ2n) is 5.46. The summed E-state index contributed by atoms with van der Waals surface area (Å²) in [6.45, 7) is 3.01. The Morgan fingerprint density at radius 3 is 2.58 bits per heavy atom. The third-order valence-corrected chi connectivity index (χ3v) is 6.15. The van der Waals surface area contributed by atoms with Crippen LogP contribution in [-0.2, 0) is 16.6 Å². The quantitative estimate of drug-likeness (QED) is 0.859. The molecule has 1 aliphatic rings. The first-order chi connectivity index (χ1) is 8.86. The highest BCUT2D eigenvalue weighted by atomic mass is 79.9. The van der Waals surface area contributed by atoms with Crippen molar-refractivity contribution >= 4 is 26.0 Å². The Morgan fingerprint density at radius 1 is 1.42 bits per heavy atom. The van der Waals surface area contributed by atoms with Gasteiger partial charge in [0.25, 0.3) is 0 Å². The van der Waals surface area contributed by atoms with E-state index in [1.54, 1.807) is 18.2 Å². The summed E-state index contributed by atoms with van der Waals surface area (Å²) in [7, 11) is -3.46. The Morgan fingerprint density at radius 2 is 2.11 bits per heavy atom. The summed E-state index contributed by atoms with van der Waals surface area (Å²) in [5, 5.41) is 0. The van der Waals surface area contributed by atoms with Crippen LogP contribution >= 0.6 is 15.9 Å². The van der Waals surface area contributed by atoms with E-state index in [2.05, 4.69) is 27.6 Å². The molecular weight excluding hydrogens is 328 g/mol. The van der Waals surface area contributed by atoms with Crippen molar-refractivity contribution in [3.8, 4) is 0 Å². The maximum absolute atomic E-state index is 12.3. The molecule has 0 saturated heterocycles. The molecule has 1 aromatic carbocycles. The molecule has 0 unspecified atom stereocenters. The molecule has 1 aromatic rings. The molecule has 4 nitrogen and oxygen atoms in total. The smallest absolute Gasteiger partial charge is 0.241 e. The van der Waals surface area contributed by atoms with Crippen molar-refractivity contribution in [1.29, 1.82) is 0 Å². The lowest BCUT2D eigenvalue weighted by molar-refractivity contribution is 0.166. The lowest BCUT2D eigenvalue weighted by atomic mass is 9.71. The van der Waals surface area contributed by atoms with Crippen LogP contribution < -0.4 is 10.5 Å². The number of hydrogen-bond acceptors (Lipinski definition) is 3. The summed E-state index contributed by atoms with van der Waals surface area (Å²) >= 11 is 3.30. The fraction of sp³-hybridized carbons (Fsp3) is 0.538. The molecule has 0 bridgehead atoms. The number of sulfonamides is 1. The molecule has 0 spiro atoms. The molecule has 0 atom stereocenters. The zero-order valence-corrected chi connectivity index (χ0v) is 13.4. The topological polar surface area (TPSA) is 72.2 Å². The minimum Gasteiger partial charge on any atom is -0.326 e. The summed E-state index contributed by atoms with van der Waals surface area (Å²) < 4.78 is 27.8. The predicted molar refractivity (Wildman–Crippen MR) is 79.2 cm³/mol. The molecule has 106 valence electrons. The van der Waals surface area contributed by atoms with Crippen LogP contribution in [0.15, 0.2) is 27.6 Å². The Bertz CT molecular complexity index is 568. The highest BCUT2D eigenvalue weighted by molar-refractivity contribution is 9.10. The normalized spacial score (nSPS) is 18.1. The third-order valence-electron chi connectivity index (χ3n) is 3.77. The monoisotopic (exact) mass is 346 g/mol. The Labute approximate surface area is 122 Å². The molecule has 1 aliphatic carbocycles. The van der Waals surface area contributed by atoms with Crippen molar-refractivity contribution in [3.63, 3.8) is 0 Å².